The van der Waals surface area contributed by atoms with Gasteiger partial charge in [0.2, 0.25) is 0 Å². The van der Waals surface area contributed by atoms with E-state index in [-0.39, 0.29) is 6.04 Å². The molecule has 1 atom stereocenters. The Morgan fingerprint density at radius 2 is 1.74 bits per heavy atom. The van der Waals surface area contributed by atoms with Crippen molar-refractivity contribution in [3.63, 3.8) is 0 Å². The lowest BCUT2D eigenvalue weighted by atomic mass is 9.97. The molecule has 2 aliphatic rings. The van der Waals surface area contributed by atoms with Crippen molar-refractivity contribution in [3.8, 4) is 5.75 Å². The molecule has 1 fully saturated rings. The highest BCUT2D eigenvalue weighted by Gasteiger charge is 2.25. The molecule has 2 N–H and O–H groups in total. The molecule has 0 bridgehead atoms. The Hall–Kier alpha value is -2.38. The molecule has 1 heterocycles. The monoisotopic (exact) mass is 428 g/mol. The highest BCUT2D eigenvalue weighted by atomic mass is 16.5. The van der Waals surface area contributed by atoms with E-state index in [4.69, 9.17) is 4.74 Å². The van der Waals surface area contributed by atoms with Crippen LogP contribution in [0.5, 0.6) is 5.75 Å². The number of nitrogens with zero attached hydrogens (tertiary/aromatic N) is 2. The molecule has 2 amide bonds. The van der Waals surface area contributed by atoms with Gasteiger partial charge < -0.3 is 20.3 Å². The predicted octanol–water partition coefficient (Wildman–Crippen LogP) is 2.11. The van der Waals surface area contributed by atoms with E-state index in [1.165, 1.54) is 18.4 Å². The molecule has 0 spiro atoms. The van der Waals surface area contributed by atoms with Gasteiger partial charge in [-0.25, -0.2) is 0 Å². The number of hydrogen-bond acceptors (Lipinski definition) is 5. The summed E-state index contributed by atoms with van der Waals surface area (Å²) in [4.78, 5) is 29.3. The Kier molecular flexibility index (Phi) is 8.91. The molecular weight excluding hydrogens is 392 g/mol. The molecule has 1 aromatic carbocycles. The van der Waals surface area contributed by atoms with E-state index in [9.17, 15) is 9.59 Å². The van der Waals surface area contributed by atoms with Gasteiger partial charge in [-0.2, -0.15) is 0 Å². The maximum absolute atomic E-state index is 12.4. The molecule has 1 aliphatic heterocycles. The number of benzene rings is 1. The van der Waals surface area contributed by atoms with Crippen molar-refractivity contribution >= 4 is 11.8 Å². The van der Waals surface area contributed by atoms with Gasteiger partial charge in [0.1, 0.15) is 5.75 Å². The van der Waals surface area contributed by atoms with E-state index in [1.54, 1.807) is 7.11 Å². The van der Waals surface area contributed by atoms with Gasteiger partial charge in [-0.1, -0.05) is 23.8 Å². The number of amides is 2. The first kappa shape index (κ1) is 23.3. The summed E-state index contributed by atoms with van der Waals surface area (Å²) < 4.78 is 5.27. The summed E-state index contributed by atoms with van der Waals surface area (Å²) in [7, 11) is 3.77. The van der Waals surface area contributed by atoms with Gasteiger partial charge in [0, 0.05) is 39.3 Å². The molecule has 0 saturated carbocycles. The summed E-state index contributed by atoms with van der Waals surface area (Å²) in [6.45, 7) is 4.72. The number of allylic oxidation sites excluding steroid dienone is 1. The second kappa shape index (κ2) is 11.9. The molecule has 1 aliphatic carbocycles. The van der Waals surface area contributed by atoms with Gasteiger partial charge in [0.15, 0.2) is 0 Å². The number of likely N-dealkylation sites (N-methyl/N-ethyl adjacent to an activating group) is 1. The molecule has 7 nitrogen and oxygen atoms in total. The smallest absolute Gasteiger partial charge is 0.309 e. The van der Waals surface area contributed by atoms with Crippen molar-refractivity contribution in [3.05, 3.63) is 41.5 Å². The average Bonchev–Trinajstić information content (AvgIpc) is 2.81. The quantitative estimate of drug-likeness (QED) is 0.490. The van der Waals surface area contributed by atoms with Crippen LogP contribution in [0.15, 0.2) is 35.9 Å². The third kappa shape index (κ3) is 7.08. The SMILES string of the molecule is COc1ccc([C@H](CNC(=O)C(=O)NCCC2=CCCCC2)N2CCN(C)CC2)cc1. The van der Waals surface area contributed by atoms with Gasteiger partial charge in [-0.15, -0.1) is 0 Å². The number of methoxy groups -OCH3 is 1. The minimum absolute atomic E-state index is 0.0174. The maximum Gasteiger partial charge on any atom is 0.309 e. The lowest BCUT2D eigenvalue weighted by Crippen LogP contribution is -2.49. The van der Waals surface area contributed by atoms with E-state index in [0.717, 1.165) is 56.8 Å². The lowest BCUT2D eigenvalue weighted by Gasteiger charge is -2.38. The molecule has 0 unspecified atom stereocenters. The number of piperazine rings is 1. The predicted molar refractivity (Wildman–Crippen MR) is 122 cm³/mol. The Balaban J connectivity index is 1.53. The van der Waals surface area contributed by atoms with E-state index in [1.807, 2.05) is 24.3 Å². The van der Waals surface area contributed by atoms with Crippen molar-refractivity contribution in [1.82, 2.24) is 20.4 Å². The second-order valence-electron chi connectivity index (χ2n) is 8.45. The van der Waals surface area contributed by atoms with Crippen molar-refractivity contribution < 1.29 is 14.3 Å². The third-order valence-electron chi connectivity index (χ3n) is 6.26. The van der Waals surface area contributed by atoms with Gasteiger partial charge in [0.25, 0.3) is 0 Å². The fourth-order valence-corrected chi connectivity index (χ4v) is 4.24. The zero-order valence-corrected chi connectivity index (χ0v) is 18.9. The van der Waals surface area contributed by atoms with Crippen molar-refractivity contribution in [2.45, 2.75) is 38.1 Å². The molecule has 0 radical (unpaired) electrons. The summed E-state index contributed by atoms with van der Waals surface area (Å²) in [6.07, 6.45) is 7.81. The lowest BCUT2D eigenvalue weighted by molar-refractivity contribution is -0.139. The highest BCUT2D eigenvalue weighted by Crippen LogP contribution is 2.24. The van der Waals surface area contributed by atoms with Crippen LogP contribution in [0.3, 0.4) is 0 Å². The van der Waals surface area contributed by atoms with Crippen LogP contribution >= 0.6 is 0 Å². The van der Waals surface area contributed by atoms with Crippen LogP contribution in [0.25, 0.3) is 0 Å². The summed E-state index contributed by atoms with van der Waals surface area (Å²) in [5.41, 5.74) is 2.50. The third-order valence-corrected chi connectivity index (χ3v) is 6.26. The van der Waals surface area contributed by atoms with Crippen LogP contribution in [0.2, 0.25) is 0 Å². The molecule has 170 valence electrons. The van der Waals surface area contributed by atoms with Crippen LogP contribution in [0.1, 0.15) is 43.7 Å². The normalized spacial score (nSPS) is 18.7. The summed E-state index contributed by atoms with van der Waals surface area (Å²) in [5, 5.41) is 5.62. The largest absolute Gasteiger partial charge is 0.497 e. The Labute approximate surface area is 185 Å². The molecule has 7 heteroatoms. The van der Waals surface area contributed by atoms with Crippen LogP contribution in [0, 0.1) is 0 Å². The number of rotatable bonds is 8. The Morgan fingerprint density at radius 1 is 1.03 bits per heavy atom. The fourth-order valence-electron chi connectivity index (χ4n) is 4.24. The van der Waals surface area contributed by atoms with Crippen LogP contribution < -0.4 is 15.4 Å². The summed E-state index contributed by atoms with van der Waals surface area (Å²) >= 11 is 0. The zero-order valence-electron chi connectivity index (χ0n) is 18.9. The first-order valence-corrected chi connectivity index (χ1v) is 11.4. The topological polar surface area (TPSA) is 73.9 Å². The number of nitrogens with one attached hydrogen (secondary N) is 2. The van der Waals surface area contributed by atoms with Crippen molar-refractivity contribution in [2.75, 3.05) is 53.4 Å². The van der Waals surface area contributed by atoms with Gasteiger partial charge in [-0.3, -0.25) is 14.5 Å². The standard InChI is InChI=1S/C24H36N4O3/c1-27-14-16-28(17-15-27)22(20-8-10-21(31-2)11-9-20)18-26-24(30)23(29)25-13-12-19-6-4-3-5-7-19/h6,8-11,22H,3-5,7,12-18H2,1-2H3,(H,25,29)(H,26,30)/t22-/m0/s1. The second-order valence-corrected chi connectivity index (χ2v) is 8.45. The minimum Gasteiger partial charge on any atom is -0.497 e. The molecule has 1 aromatic rings. The van der Waals surface area contributed by atoms with Crippen LogP contribution in [-0.2, 0) is 9.59 Å². The first-order chi connectivity index (χ1) is 15.1. The Bertz CT molecular complexity index is 755. The molecule has 1 saturated heterocycles. The van der Waals surface area contributed by atoms with E-state index >= 15 is 0 Å². The number of carbonyl (C=O) groups excluding carboxylic acids is 2. The number of ether oxygens (including phenoxy) is 1. The minimum atomic E-state index is -0.565. The summed E-state index contributed by atoms with van der Waals surface area (Å²) in [5.74, 6) is -0.314. The zero-order chi connectivity index (χ0) is 22.1. The first-order valence-electron chi connectivity index (χ1n) is 11.4. The Morgan fingerprint density at radius 3 is 2.39 bits per heavy atom. The highest BCUT2D eigenvalue weighted by molar-refractivity contribution is 6.35. The van der Waals surface area contributed by atoms with Crippen LogP contribution in [0.4, 0.5) is 0 Å². The van der Waals surface area contributed by atoms with E-state index in [0.29, 0.717) is 13.1 Å². The van der Waals surface area contributed by atoms with E-state index < -0.39 is 11.8 Å². The molecule has 0 aromatic heterocycles. The molecular formula is C24H36N4O3. The van der Waals surface area contributed by atoms with Crippen LogP contribution in [-0.4, -0.2) is 75.0 Å². The molecule has 3 rings (SSSR count). The maximum atomic E-state index is 12.4. The fraction of sp³-hybridized carbons (Fsp3) is 0.583. The molecule has 31 heavy (non-hydrogen) atoms. The van der Waals surface area contributed by atoms with Gasteiger partial charge >= 0.3 is 11.8 Å². The van der Waals surface area contributed by atoms with E-state index in [2.05, 4.69) is 33.6 Å². The van der Waals surface area contributed by atoms with Gasteiger partial charge in [-0.05, 0) is 56.8 Å². The average molecular weight is 429 g/mol. The number of carbonyl (C=O) groups is 2. The van der Waals surface area contributed by atoms with Crippen molar-refractivity contribution in [2.24, 2.45) is 0 Å². The summed E-state index contributed by atoms with van der Waals surface area (Å²) in [6, 6.07) is 7.96. The van der Waals surface area contributed by atoms with Crippen molar-refractivity contribution in [1.29, 1.82) is 0 Å². The number of hydrogen-bond donors (Lipinski definition) is 2. The van der Waals surface area contributed by atoms with Gasteiger partial charge in [0.05, 0.1) is 13.2 Å².